The van der Waals surface area contributed by atoms with Crippen molar-refractivity contribution in [3.05, 3.63) is 24.3 Å². The maximum Gasteiger partial charge on any atom is 0.239 e. The third kappa shape index (κ3) is 4.52. The summed E-state index contributed by atoms with van der Waals surface area (Å²) in [6.45, 7) is 5.17. The van der Waals surface area contributed by atoms with Crippen LogP contribution < -0.4 is 15.4 Å². The topological polar surface area (TPSA) is 58.8 Å². The number of nitrogens with zero attached hydrogens (tertiary/aromatic N) is 2. The Balaban J connectivity index is 0.00000242. The number of nitrogens with two attached hydrogens (primary N) is 1. The first kappa shape index (κ1) is 18.6. The molecule has 0 aromatic heterocycles. The van der Waals surface area contributed by atoms with Crippen molar-refractivity contribution < 1.29 is 9.53 Å². The molecule has 1 saturated heterocycles. The normalized spacial score (nSPS) is 16.0. The van der Waals surface area contributed by atoms with Gasteiger partial charge in [-0.2, -0.15) is 0 Å². The van der Waals surface area contributed by atoms with Gasteiger partial charge in [-0.25, -0.2) is 0 Å². The monoisotopic (exact) mass is 327 g/mol. The van der Waals surface area contributed by atoms with E-state index in [1.54, 1.807) is 7.11 Å². The number of anilines is 1. The quantitative estimate of drug-likeness (QED) is 0.897. The third-order valence-electron chi connectivity index (χ3n) is 3.93. The van der Waals surface area contributed by atoms with Crippen molar-refractivity contribution in [1.82, 2.24) is 4.90 Å². The van der Waals surface area contributed by atoms with Crippen LogP contribution in [0.25, 0.3) is 0 Å². The summed E-state index contributed by atoms with van der Waals surface area (Å²) in [6.07, 6.45) is 1.70. The summed E-state index contributed by atoms with van der Waals surface area (Å²) in [6, 6.07) is 7.68. The lowest BCUT2D eigenvalue weighted by atomic mass is 10.1. The summed E-state index contributed by atoms with van der Waals surface area (Å²) in [5.41, 5.74) is 7.06. The summed E-state index contributed by atoms with van der Waals surface area (Å²) in [7, 11) is 1.67. The van der Waals surface area contributed by atoms with E-state index < -0.39 is 0 Å². The zero-order valence-corrected chi connectivity index (χ0v) is 14.1. The Morgan fingerprint density at radius 1 is 1.32 bits per heavy atom. The Morgan fingerprint density at radius 2 is 2.00 bits per heavy atom. The summed E-state index contributed by atoms with van der Waals surface area (Å²) in [4.78, 5) is 16.4. The molecule has 1 amide bonds. The maximum absolute atomic E-state index is 12.2. The van der Waals surface area contributed by atoms with E-state index in [4.69, 9.17) is 10.5 Å². The van der Waals surface area contributed by atoms with Crippen molar-refractivity contribution in [3.63, 3.8) is 0 Å². The molecule has 0 radical (unpaired) electrons. The van der Waals surface area contributed by atoms with Crippen molar-refractivity contribution in [2.75, 3.05) is 38.2 Å². The number of hydrogen-bond acceptors (Lipinski definition) is 4. The van der Waals surface area contributed by atoms with E-state index in [-0.39, 0.29) is 24.4 Å². The van der Waals surface area contributed by atoms with Crippen LogP contribution >= 0.6 is 12.4 Å². The average Bonchev–Trinajstić information content (AvgIpc) is 2.54. The van der Waals surface area contributed by atoms with Crippen LogP contribution in [0.4, 0.5) is 5.69 Å². The van der Waals surface area contributed by atoms with Crippen LogP contribution in [0, 0.1) is 0 Å². The molecule has 0 spiro atoms. The van der Waals surface area contributed by atoms with Gasteiger partial charge in [0.25, 0.3) is 0 Å². The van der Waals surface area contributed by atoms with Gasteiger partial charge in [-0.1, -0.05) is 19.4 Å². The van der Waals surface area contributed by atoms with Crippen molar-refractivity contribution >= 4 is 24.0 Å². The van der Waals surface area contributed by atoms with Gasteiger partial charge in [-0.05, 0) is 18.6 Å². The molecule has 22 heavy (non-hydrogen) atoms. The van der Waals surface area contributed by atoms with E-state index in [9.17, 15) is 4.79 Å². The fraction of sp³-hybridized carbons (Fsp3) is 0.562. The molecule has 1 atom stereocenters. The SMILES string of the molecule is CCCC(N)C(=O)N1CCN(c2cccc(OC)c2)CC1.Cl. The van der Waals surface area contributed by atoms with E-state index in [2.05, 4.69) is 11.0 Å². The highest BCUT2D eigenvalue weighted by molar-refractivity contribution is 5.85. The van der Waals surface area contributed by atoms with Gasteiger partial charge in [-0.3, -0.25) is 4.79 Å². The standard InChI is InChI=1S/C16H25N3O2.ClH/c1-3-5-15(17)16(20)19-10-8-18(9-11-19)13-6-4-7-14(12-13)21-2;/h4,6-7,12,15H,3,5,8-11,17H2,1-2H3;1H. The minimum atomic E-state index is -0.349. The molecule has 2 rings (SSSR count). The van der Waals surface area contributed by atoms with Crippen LogP contribution in [-0.4, -0.2) is 50.1 Å². The molecule has 1 aromatic rings. The second-order valence-corrected chi connectivity index (χ2v) is 5.41. The largest absolute Gasteiger partial charge is 0.497 e. The Morgan fingerprint density at radius 3 is 2.59 bits per heavy atom. The Kier molecular flexibility index (Phi) is 7.48. The molecule has 0 aliphatic carbocycles. The first-order valence-electron chi connectivity index (χ1n) is 7.59. The minimum absolute atomic E-state index is 0. The molecule has 0 saturated carbocycles. The number of hydrogen-bond donors (Lipinski definition) is 1. The molecule has 1 unspecified atom stereocenters. The highest BCUT2D eigenvalue weighted by Crippen LogP contribution is 2.22. The Hall–Kier alpha value is -1.46. The van der Waals surface area contributed by atoms with Crippen molar-refractivity contribution in [2.24, 2.45) is 5.73 Å². The van der Waals surface area contributed by atoms with Crippen LogP contribution in [0.15, 0.2) is 24.3 Å². The summed E-state index contributed by atoms with van der Waals surface area (Å²) in [5, 5.41) is 0. The van der Waals surface area contributed by atoms with Crippen LogP contribution in [0.1, 0.15) is 19.8 Å². The molecule has 1 heterocycles. The average molecular weight is 328 g/mol. The number of carbonyl (C=O) groups is 1. The summed E-state index contributed by atoms with van der Waals surface area (Å²) < 4.78 is 5.26. The van der Waals surface area contributed by atoms with Crippen LogP contribution in [0.5, 0.6) is 5.75 Å². The van der Waals surface area contributed by atoms with Gasteiger partial charge >= 0.3 is 0 Å². The van der Waals surface area contributed by atoms with Gasteiger partial charge in [0, 0.05) is 37.9 Å². The predicted octanol–water partition coefficient (Wildman–Crippen LogP) is 1.89. The first-order chi connectivity index (χ1) is 10.2. The van der Waals surface area contributed by atoms with Gasteiger partial charge in [0.15, 0.2) is 0 Å². The smallest absolute Gasteiger partial charge is 0.239 e. The lowest BCUT2D eigenvalue weighted by Gasteiger charge is -2.37. The molecule has 5 nitrogen and oxygen atoms in total. The van der Waals surface area contributed by atoms with Gasteiger partial charge in [-0.15, -0.1) is 12.4 Å². The zero-order chi connectivity index (χ0) is 15.2. The lowest BCUT2D eigenvalue weighted by molar-refractivity contribution is -0.133. The second kappa shape index (κ2) is 8.86. The molecular weight excluding hydrogens is 302 g/mol. The van der Waals surface area contributed by atoms with Crippen molar-refractivity contribution in [3.8, 4) is 5.75 Å². The molecule has 0 bridgehead atoms. The van der Waals surface area contributed by atoms with Crippen LogP contribution in [0.3, 0.4) is 0 Å². The summed E-state index contributed by atoms with van der Waals surface area (Å²) in [5.74, 6) is 0.943. The Labute approximate surface area is 138 Å². The molecule has 124 valence electrons. The van der Waals surface area contributed by atoms with E-state index in [0.29, 0.717) is 0 Å². The predicted molar refractivity (Wildman–Crippen MR) is 91.9 cm³/mol. The summed E-state index contributed by atoms with van der Waals surface area (Å²) >= 11 is 0. The van der Waals surface area contributed by atoms with E-state index in [1.807, 2.05) is 30.0 Å². The van der Waals surface area contributed by atoms with Gasteiger partial charge in [0.2, 0.25) is 5.91 Å². The Bertz CT molecular complexity index is 476. The van der Waals surface area contributed by atoms with Crippen molar-refractivity contribution in [1.29, 1.82) is 0 Å². The third-order valence-corrected chi connectivity index (χ3v) is 3.93. The number of methoxy groups -OCH3 is 1. The van der Waals surface area contributed by atoms with Crippen LogP contribution in [-0.2, 0) is 4.79 Å². The molecule has 6 heteroatoms. The van der Waals surface area contributed by atoms with Gasteiger partial charge in [0.05, 0.1) is 13.2 Å². The maximum atomic E-state index is 12.2. The highest BCUT2D eigenvalue weighted by Gasteiger charge is 2.24. The fourth-order valence-corrected chi connectivity index (χ4v) is 2.66. The van der Waals surface area contributed by atoms with Crippen molar-refractivity contribution in [2.45, 2.75) is 25.8 Å². The molecule has 2 N–H and O–H groups in total. The number of ether oxygens (including phenoxy) is 1. The molecule has 1 aliphatic rings. The first-order valence-corrected chi connectivity index (χ1v) is 7.59. The number of halogens is 1. The number of benzene rings is 1. The molecular formula is C16H26ClN3O2. The second-order valence-electron chi connectivity index (χ2n) is 5.41. The number of rotatable bonds is 5. The van der Waals surface area contributed by atoms with Gasteiger partial charge in [0.1, 0.15) is 5.75 Å². The lowest BCUT2D eigenvalue weighted by Crippen LogP contribution is -2.53. The number of carbonyl (C=O) groups excluding carboxylic acids is 1. The minimum Gasteiger partial charge on any atom is -0.497 e. The van der Waals surface area contributed by atoms with Gasteiger partial charge < -0.3 is 20.3 Å². The van der Waals surface area contributed by atoms with E-state index in [1.165, 1.54) is 0 Å². The van der Waals surface area contributed by atoms with E-state index >= 15 is 0 Å². The fourth-order valence-electron chi connectivity index (χ4n) is 2.66. The number of piperazine rings is 1. The van der Waals surface area contributed by atoms with Crippen LogP contribution in [0.2, 0.25) is 0 Å². The molecule has 1 aliphatic heterocycles. The zero-order valence-electron chi connectivity index (χ0n) is 13.3. The molecule has 1 aromatic carbocycles. The molecule has 1 fully saturated rings. The highest BCUT2D eigenvalue weighted by atomic mass is 35.5. The van der Waals surface area contributed by atoms with E-state index in [0.717, 1.165) is 50.5 Å². The number of amides is 1.